The summed E-state index contributed by atoms with van der Waals surface area (Å²) in [7, 11) is 4.86. The average Bonchev–Trinajstić information content (AvgIpc) is 2.91. The van der Waals surface area contributed by atoms with Gasteiger partial charge >= 0.3 is 0 Å². The zero-order chi connectivity index (χ0) is 58.7. The van der Waals surface area contributed by atoms with Gasteiger partial charge in [0.1, 0.15) is 40.6 Å². The molecule has 4 aliphatic rings. The molecule has 3 aliphatic carbocycles. The van der Waals surface area contributed by atoms with Crippen LogP contribution in [0.4, 0.5) is 38.0 Å². The molecule has 3 aromatic carbocycles. The molecule has 0 bridgehead atoms. The van der Waals surface area contributed by atoms with E-state index in [1.807, 2.05) is 13.7 Å². The Labute approximate surface area is 487 Å². The summed E-state index contributed by atoms with van der Waals surface area (Å²) in [5, 5.41) is 6.61. The Morgan fingerprint density at radius 2 is 0.916 bits per heavy atom. The van der Waals surface area contributed by atoms with Crippen LogP contribution in [0.5, 0.6) is 0 Å². The number of nitrogens with one attached hydrogen (secondary N) is 2. The van der Waals surface area contributed by atoms with Gasteiger partial charge < -0.3 is 49.0 Å². The molecule has 0 amide bonds. The Balaban J connectivity index is 0.000000138. The van der Waals surface area contributed by atoms with Crippen LogP contribution in [0.15, 0.2) is 61.3 Å². The van der Waals surface area contributed by atoms with Crippen molar-refractivity contribution in [2.75, 3.05) is 84.6 Å². The monoisotopic (exact) mass is 1210 g/mol. The molecule has 0 atom stereocenters. The van der Waals surface area contributed by atoms with Gasteiger partial charge in [0.25, 0.3) is 0 Å². The normalized spacial score (nSPS) is 14.6. The fraction of sp³-hybridized carbons (Fsp3) is 0.400. The highest BCUT2D eigenvalue weighted by Crippen LogP contribution is 2.45. The molecular weight excluding hydrogens is 1160 g/mol. The van der Waals surface area contributed by atoms with Gasteiger partial charge in [0.15, 0.2) is 34.9 Å². The number of imidazole rings is 3. The molecule has 4 fully saturated rings. The third-order valence-corrected chi connectivity index (χ3v) is 13.8. The molecule has 83 heavy (non-hydrogen) atoms. The van der Waals surface area contributed by atoms with Gasteiger partial charge in [-0.1, -0.05) is 11.6 Å². The van der Waals surface area contributed by atoms with Crippen LogP contribution in [0, 0.1) is 34.9 Å². The van der Waals surface area contributed by atoms with Crippen LogP contribution in [0.2, 0.25) is 15.7 Å². The fourth-order valence-electron chi connectivity index (χ4n) is 8.90. The summed E-state index contributed by atoms with van der Waals surface area (Å²) in [6.45, 7) is 5.39. The predicted octanol–water partition coefficient (Wildman–Crippen LogP) is 11.8. The van der Waals surface area contributed by atoms with Gasteiger partial charge in [0, 0.05) is 127 Å². The van der Waals surface area contributed by atoms with Gasteiger partial charge in [-0.2, -0.15) is 0 Å². The second-order valence-electron chi connectivity index (χ2n) is 19.3. The standard InChI is InChI=1S/C17H16ClF2N5O.C17H17F2N5O.C14H8Cl2F2N4.C4H8O.C3H9NO/c1-26-5-4-21-15-10(8-22-17(18)24-15)16-23-13-6-11(19)12(20)7-14(13)25(16)9-2-3-9;1-25-5-4-21-16-11(8-20-9-22-16)17-23-14-6-12(18)13(19)7-15(14)24(17)10-2-3-10;15-12-7(5-19-14(16)21-12)13-20-10-3-8(17)9(18)4-11(10)22(13)6-1-2-6;1-2-4-5-3-1;1-5-3-2-4/h6-9H,2-5H2,1H3,(H,21,22,24);6-10H,2-5H2,1H3,(H,20,21,22);3-6H,1-2H2;1-4H2;2-4H2,1H3. The van der Waals surface area contributed by atoms with Gasteiger partial charge in [-0.3, -0.25) is 0 Å². The molecule has 19 nitrogen and oxygen atoms in total. The number of hydrogen-bond donors (Lipinski definition) is 3. The summed E-state index contributed by atoms with van der Waals surface area (Å²) in [4.78, 5) is 37.9. The second kappa shape index (κ2) is 28.2. The summed E-state index contributed by atoms with van der Waals surface area (Å²) < 4.78 is 107. The molecule has 9 aromatic rings. The van der Waals surface area contributed by atoms with E-state index < -0.39 is 34.9 Å². The van der Waals surface area contributed by atoms with Crippen molar-refractivity contribution in [2.45, 2.75) is 69.5 Å². The maximum atomic E-state index is 13.8. The van der Waals surface area contributed by atoms with Crippen LogP contribution in [0.3, 0.4) is 0 Å². The number of nitrogens with zero attached hydrogens (tertiary/aromatic N) is 12. The van der Waals surface area contributed by atoms with E-state index in [1.54, 1.807) is 33.7 Å². The fourth-order valence-corrected chi connectivity index (χ4v) is 9.43. The number of benzene rings is 3. The number of rotatable bonds is 16. The van der Waals surface area contributed by atoms with Crippen molar-refractivity contribution in [1.29, 1.82) is 0 Å². The third-order valence-electron chi connectivity index (χ3n) is 13.2. The third kappa shape index (κ3) is 14.9. The number of hydrogen-bond acceptors (Lipinski definition) is 16. The smallest absolute Gasteiger partial charge is 0.224 e. The van der Waals surface area contributed by atoms with Crippen LogP contribution in [-0.2, 0) is 18.9 Å². The molecule has 3 saturated carbocycles. The second-order valence-corrected chi connectivity index (χ2v) is 20.4. The van der Waals surface area contributed by atoms with E-state index in [4.69, 9.17) is 54.7 Å². The SMILES string of the molecule is C1CCOC1.COCCN.COCCNc1nc(Cl)ncc1-c1nc2cc(F)c(F)cc2n1C1CC1.COCCNc1ncncc1-c1nc2cc(F)c(F)cc2n1C1CC1.Fc1cc2nc(-c3cnc(Cl)nc3Cl)n(C3CC3)c2cc1F. The number of fused-ring (bicyclic) bond motifs is 3. The minimum absolute atomic E-state index is 0.0277. The highest BCUT2D eigenvalue weighted by Gasteiger charge is 2.33. The van der Waals surface area contributed by atoms with Crippen LogP contribution in [-0.4, -0.2) is 133 Å². The predicted molar refractivity (Wildman–Crippen MR) is 304 cm³/mol. The molecule has 4 N–H and O–H groups in total. The maximum absolute atomic E-state index is 13.8. The number of ether oxygens (including phenoxy) is 4. The van der Waals surface area contributed by atoms with E-state index in [0.717, 1.165) is 76.0 Å². The topological polar surface area (TPSA) is 218 Å². The van der Waals surface area contributed by atoms with Crippen molar-refractivity contribution >= 4 is 79.5 Å². The van der Waals surface area contributed by atoms with Crippen LogP contribution < -0.4 is 16.4 Å². The van der Waals surface area contributed by atoms with E-state index in [0.29, 0.717) is 118 Å². The average molecular weight is 1210 g/mol. The molecule has 440 valence electrons. The Hall–Kier alpha value is -6.84. The molecule has 1 aliphatic heterocycles. The highest BCUT2D eigenvalue weighted by molar-refractivity contribution is 6.33. The largest absolute Gasteiger partial charge is 0.383 e. The number of halogens is 9. The lowest BCUT2D eigenvalue weighted by Gasteiger charge is -2.12. The summed E-state index contributed by atoms with van der Waals surface area (Å²) >= 11 is 17.8. The van der Waals surface area contributed by atoms with Crippen LogP contribution >= 0.6 is 34.8 Å². The summed E-state index contributed by atoms with van der Waals surface area (Å²) in [5.74, 6) is -2.64. The lowest BCUT2D eigenvalue weighted by molar-refractivity contribution is 0.198. The Morgan fingerprint density at radius 1 is 0.518 bits per heavy atom. The van der Waals surface area contributed by atoms with Crippen molar-refractivity contribution in [3.05, 3.63) is 112 Å². The first-order chi connectivity index (χ1) is 40.2. The minimum atomic E-state index is -0.932. The van der Waals surface area contributed by atoms with E-state index in [2.05, 4.69) is 60.2 Å². The van der Waals surface area contributed by atoms with E-state index >= 15 is 0 Å². The number of aromatic nitrogens is 12. The summed E-state index contributed by atoms with van der Waals surface area (Å²) in [6, 6.07) is 7.50. The number of methoxy groups -OCH3 is 3. The molecule has 7 heterocycles. The van der Waals surface area contributed by atoms with Crippen molar-refractivity contribution in [3.63, 3.8) is 0 Å². The maximum Gasteiger partial charge on any atom is 0.224 e. The van der Waals surface area contributed by atoms with Crippen molar-refractivity contribution in [3.8, 4) is 34.2 Å². The summed E-state index contributed by atoms with van der Waals surface area (Å²) in [6.07, 6.45) is 14.5. The van der Waals surface area contributed by atoms with Gasteiger partial charge in [-0.15, -0.1) is 0 Å². The Kier molecular flexibility index (Phi) is 20.6. The van der Waals surface area contributed by atoms with E-state index in [-0.39, 0.29) is 33.8 Å². The molecule has 13 rings (SSSR count). The Bertz CT molecular complexity index is 3680. The van der Waals surface area contributed by atoms with Crippen molar-refractivity contribution < 1.29 is 45.3 Å². The quantitative estimate of drug-likeness (QED) is 0.0355. The lowest BCUT2D eigenvalue weighted by Crippen LogP contribution is -2.11. The van der Waals surface area contributed by atoms with Gasteiger partial charge in [0.2, 0.25) is 10.6 Å². The molecule has 0 unspecified atom stereocenters. The molecule has 0 radical (unpaired) electrons. The van der Waals surface area contributed by atoms with Gasteiger partial charge in [-0.05, 0) is 74.6 Å². The Morgan fingerprint density at radius 3 is 1.30 bits per heavy atom. The lowest BCUT2D eigenvalue weighted by atomic mass is 10.2. The molecule has 1 saturated heterocycles. The minimum Gasteiger partial charge on any atom is -0.383 e. The van der Waals surface area contributed by atoms with Crippen molar-refractivity contribution in [2.24, 2.45) is 5.73 Å². The first-order valence-electron chi connectivity index (χ1n) is 26.6. The number of nitrogens with two attached hydrogens (primary N) is 1. The van der Waals surface area contributed by atoms with E-state index in [9.17, 15) is 26.3 Å². The highest BCUT2D eigenvalue weighted by atomic mass is 35.5. The van der Waals surface area contributed by atoms with Crippen LogP contribution in [0.1, 0.15) is 69.5 Å². The first kappa shape index (κ1) is 60.7. The van der Waals surface area contributed by atoms with Gasteiger partial charge in [0.05, 0.1) is 69.6 Å². The van der Waals surface area contributed by atoms with Crippen molar-refractivity contribution in [1.82, 2.24) is 58.6 Å². The summed E-state index contributed by atoms with van der Waals surface area (Å²) in [5.41, 5.74) is 9.67. The first-order valence-corrected chi connectivity index (χ1v) is 27.7. The molecular formula is C55H58Cl3F6N15O4. The molecule has 6 aromatic heterocycles. The van der Waals surface area contributed by atoms with Gasteiger partial charge in [-0.25, -0.2) is 71.2 Å². The molecule has 0 spiro atoms. The zero-order valence-electron chi connectivity index (χ0n) is 45.3. The zero-order valence-corrected chi connectivity index (χ0v) is 47.6. The number of anilines is 2. The molecule has 28 heteroatoms. The van der Waals surface area contributed by atoms with E-state index in [1.165, 1.54) is 37.5 Å². The van der Waals surface area contributed by atoms with Crippen LogP contribution in [0.25, 0.3) is 67.3 Å².